The van der Waals surface area contributed by atoms with Gasteiger partial charge in [0.25, 0.3) is 5.91 Å². The molecule has 2 aliphatic rings. The smallest absolute Gasteiger partial charge is 0.267 e. The Morgan fingerprint density at radius 1 is 0.966 bits per heavy atom. The van der Waals surface area contributed by atoms with Crippen LogP contribution in [0.25, 0.3) is 0 Å². The van der Waals surface area contributed by atoms with Crippen LogP contribution in [0.3, 0.4) is 0 Å². The maximum absolute atomic E-state index is 13.4. The number of hydrogen-bond acceptors (Lipinski definition) is 4. The summed E-state index contributed by atoms with van der Waals surface area (Å²) < 4.78 is 30.2. The number of β-lactam (4-membered cyclic amide) rings is 1. The van der Waals surface area contributed by atoms with Gasteiger partial charge in [-0.05, 0) is 47.5 Å². The molecule has 5 nitrogen and oxygen atoms in total. The largest absolute Gasteiger partial charge is 0.478 e. The van der Waals surface area contributed by atoms with Crippen molar-refractivity contribution in [1.29, 1.82) is 0 Å². The lowest BCUT2D eigenvalue weighted by atomic mass is 9.89. The highest BCUT2D eigenvalue weighted by Crippen LogP contribution is 2.40. The third kappa shape index (κ3) is 3.27. The second kappa shape index (κ2) is 7.13. The molecule has 0 N–H and O–H groups in total. The molecule has 1 fully saturated rings. The number of nitrogens with zero attached hydrogens (tertiary/aromatic N) is 1. The molecule has 146 valence electrons. The van der Waals surface area contributed by atoms with Gasteiger partial charge in [0.05, 0.1) is 0 Å². The Balaban J connectivity index is 1.42. The Morgan fingerprint density at radius 2 is 1.72 bits per heavy atom. The zero-order valence-electron chi connectivity index (χ0n) is 15.5. The van der Waals surface area contributed by atoms with Gasteiger partial charge in [0.1, 0.15) is 17.6 Å². The van der Waals surface area contributed by atoms with E-state index in [1.54, 1.807) is 17.0 Å². The summed E-state index contributed by atoms with van der Waals surface area (Å²) in [7, 11) is 0. The number of rotatable bonds is 5. The molecule has 1 amide bonds. The van der Waals surface area contributed by atoms with E-state index in [4.69, 9.17) is 14.2 Å². The van der Waals surface area contributed by atoms with Crippen LogP contribution in [0, 0.1) is 5.82 Å². The third-order valence-electron chi connectivity index (χ3n) is 5.16. The van der Waals surface area contributed by atoms with Gasteiger partial charge in [-0.1, -0.05) is 36.4 Å². The molecule has 5 rings (SSSR count). The summed E-state index contributed by atoms with van der Waals surface area (Å²) in [6.07, 6.45) is -0.656. The molecule has 0 saturated carbocycles. The van der Waals surface area contributed by atoms with Gasteiger partial charge in [-0.15, -0.1) is 0 Å². The Bertz CT molecular complexity index is 1040. The van der Waals surface area contributed by atoms with E-state index in [1.165, 1.54) is 12.1 Å². The maximum atomic E-state index is 13.4. The molecule has 2 atom stereocenters. The van der Waals surface area contributed by atoms with Crippen LogP contribution in [0.15, 0.2) is 72.8 Å². The van der Waals surface area contributed by atoms with Crippen molar-refractivity contribution in [2.75, 3.05) is 6.79 Å². The molecular weight excluding hydrogens is 373 g/mol. The van der Waals surface area contributed by atoms with Crippen molar-refractivity contribution >= 4 is 5.91 Å². The quantitative estimate of drug-likeness (QED) is 0.615. The summed E-state index contributed by atoms with van der Waals surface area (Å²) in [5, 5.41) is 0. The fraction of sp³-hybridized carbons (Fsp3) is 0.174. The first-order chi connectivity index (χ1) is 14.2. The average Bonchev–Trinajstić information content (AvgIpc) is 3.22. The van der Waals surface area contributed by atoms with Crippen molar-refractivity contribution in [2.45, 2.75) is 18.7 Å². The van der Waals surface area contributed by atoms with Gasteiger partial charge < -0.3 is 19.1 Å². The van der Waals surface area contributed by atoms with Crippen LogP contribution in [-0.2, 0) is 11.3 Å². The summed E-state index contributed by atoms with van der Waals surface area (Å²) >= 11 is 0. The van der Waals surface area contributed by atoms with Crippen molar-refractivity contribution in [2.24, 2.45) is 0 Å². The average molecular weight is 391 g/mol. The lowest BCUT2D eigenvalue weighted by molar-refractivity contribution is -0.165. The molecule has 0 bridgehead atoms. The van der Waals surface area contributed by atoms with E-state index in [0.717, 1.165) is 11.1 Å². The lowest BCUT2D eigenvalue weighted by Crippen LogP contribution is -2.60. The first kappa shape index (κ1) is 17.6. The predicted molar refractivity (Wildman–Crippen MR) is 103 cm³/mol. The van der Waals surface area contributed by atoms with Crippen LogP contribution in [0.5, 0.6) is 17.2 Å². The highest BCUT2D eigenvalue weighted by atomic mass is 19.1. The number of fused-ring (bicyclic) bond motifs is 1. The van der Waals surface area contributed by atoms with Crippen molar-refractivity contribution in [1.82, 2.24) is 4.90 Å². The van der Waals surface area contributed by atoms with E-state index in [9.17, 15) is 9.18 Å². The molecule has 2 heterocycles. The summed E-state index contributed by atoms with van der Waals surface area (Å²) in [6, 6.07) is 20.7. The van der Waals surface area contributed by atoms with Crippen molar-refractivity contribution in [3.05, 3.63) is 89.7 Å². The van der Waals surface area contributed by atoms with Gasteiger partial charge in [0.2, 0.25) is 12.9 Å². The van der Waals surface area contributed by atoms with Crippen LogP contribution < -0.4 is 14.2 Å². The molecule has 29 heavy (non-hydrogen) atoms. The third-order valence-corrected chi connectivity index (χ3v) is 5.16. The van der Waals surface area contributed by atoms with Crippen LogP contribution in [0.4, 0.5) is 4.39 Å². The number of amides is 1. The van der Waals surface area contributed by atoms with Gasteiger partial charge in [-0.3, -0.25) is 4.79 Å². The van der Waals surface area contributed by atoms with Crippen molar-refractivity contribution in [3.63, 3.8) is 0 Å². The molecule has 6 heteroatoms. The second-order valence-electron chi connectivity index (χ2n) is 7.00. The molecule has 3 aromatic carbocycles. The normalized spacial score (nSPS) is 19.8. The van der Waals surface area contributed by atoms with Crippen molar-refractivity contribution in [3.8, 4) is 17.2 Å². The van der Waals surface area contributed by atoms with E-state index >= 15 is 0 Å². The number of para-hydroxylation sites is 1. The van der Waals surface area contributed by atoms with E-state index in [1.807, 2.05) is 48.5 Å². The maximum Gasteiger partial charge on any atom is 0.267 e. The zero-order chi connectivity index (χ0) is 19.8. The molecule has 2 aliphatic heterocycles. The number of hydrogen-bond donors (Lipinski definition) is 0. The monoisotopic (exact) mass is 391 g/mol. The zero-order valence-corrected chi connectivity index (χ0v) is 15.5. The molecule has 3 aromatic rings. The second-order valence-corrected chi connectivity index (χ2v) is 7.00. The van der Waals surface area contributed by atoms with Gasteiger partial charge in [0.15, 0.2) is 11.5 Å². The summed E-state index contributed by atoms with van der Waals surface area (Å²) in [5.74, 6) is 1.57. The fourth-order valence-corrected chi connectivity index (χ4v) is 3.70. The van der Waals surface area contributed by atoms with Gasteiger partial charge >= 0.3 is 0 Å². The molecule has 0 radical (unpaired) electrons. The minimum Gasteiger partial charge on any atom is -0.478 e. The minimum atomic E-state index is -0.656. The molecular formula is C23H18FNO4. The van der Waals surface area contributed by atoms with E-state index in [0.29, 0.717) is 23.8 Å². The highest BCUT2D eigenvalue weighted by Gasteiger charge is 2.50. The predicted octanol–water partition coefficient (Wildman–Crippen LogP) is 4.09. The summed E-state index contributed by atoms with van der Waals surface area (Å²) in [5.41, 5.74) is 1.75. The SMILES string of the molecule is O=C1[C@@H](Oc2ccccc2)[C@H](c2ccc(F)cc2)N1Cc1ccc2c(c1)OCO2. The molecule has 0 aromatic heterocycles. The topological polar surface area (TPSA) is 48.0 Å². The Kier molecular flexibility index (Phi) is 4.31. The Morgan fingerprint density at radius 3 is 2.52 bits per heavy atom. The molecule has 1 saturated heterocycles. The van der Waals surface area contributed by atoms with Crippen LogP contribution in [-0.4, -0.2) is 23.7 Å². The van der Waals surface area contributed by atoms with Crippen molar-refractivity contribution < 1.29 is 23.4 Å². The molecule has 0 aliphatic carbocycles. The number of benzene rings is 3. The number of halogens is 1. The number of ether oxygens (including phenoxy) is 3. The fourth-order valence-electron chi connectivity index (χ4n) is 3.70. The van der Waals surface area contributed by atoms with Gasteiger partial charge in [-0.25, -0.2) is 4.39 Å². The number of carbonyl (C=O) groups is 1. The minimum absolute atomic E-state index is 0.110. The summed E-state index contributed by atoms with van der Waals surface area (Å²) in [4.78, 5) is 14.7. The summed E-state index contributed by atoms with van der Waals surface area (Å²) in [6.45, 7) is 0.596. The Labute approximate surface area is 167 Å². The Hall–Kier alpha value is -3.54. The van der Waals surface area contributed by atoms with Gasteiger partial charge in [-0.2, -0.15) is 0 Å². The van der Waals surface area contributed by atoms with Gasteiger partial charge in [0, 0.05) is 6.54 Å². The standard InChI is InChI=1S/C23H18FNO4/c24-17-9-7-16(8-10-17)21-22(29-18-4-2-1-3-5-18)23(26)25(21)13-15-6-11-19-20(12-15)28-14-27-19/h1-12,21-22H,13-14H2/t21-,22-/m0/s1. The van der Waals surface area contributed by atoms with E-state index in [-0.39, 0.29) is 24.6 Å². The van der Waals surface area contributed by atoms with E-state index in [2.05, 4.69) is 0 Å². The lowest BCUT2D eigenvalue weighted by Gasteiger charge is -2.46. The highest BCUT2D eigenvalue weighted by molar-refractivity contribution is 5.89. The molecule has 0 unspecified atom stereocenters. The van der Waals surface area contributed by atoms with Crippen LogP contribution >= 0.6 is 0 Å². The first-order valence-electron chi connectivity index (χ1n) is 9.35. The number of carbonyl (C=O) groups excluding carboxylic acids is 1. The van der Waals surface area contributed by atoms with E-state index < -0.39 is 6.10 Å². The van der Waals surface area contributed by atoms with Crippen LogP contribution in [0.2, 0.25) is 0 Å². The molecule has 0 spiro atoms. The first-order valence-corrected chi connectivity index (χ1v) is 9.35. The number of likely N-dealkylation sites (tertiary alicyclic amines) is 1. The van der Waals surface area contributed by atoms with Crippen LogP contribution in [0.1, 0.15) is 17.2 Å².